The molecule has 0 aromatic carbocycles. The Bertz CT molecular complexity index is 268. The molecular weight excluding hydrogens is 210 g/mol. The Labute approximate surface area is 84.1 Å². The van der Waals surface area contributed by atoms with Crippen LogP contribution in [0.4, 0.5) is 0 Å². The van der Waals surface area contributed by atoms with Crippen molar-refractivity contribution in [3.05, 3.63) is 0 Å². The van der Waals surface area contributed by atoms with Gasteiger partial charge in [0.1, 0.15) is 12.3 Å². The summed E-state index contributed by atoms with van der Waals surface area (Å²) in [5, 5.41) is 37.6. The van der Waals surface area contributed by atoms with Gasteiger partial charge in [-0.15, -0.1) is 0 Å². The predicted molar refractivity (Wildman–Crippen MR) is 43.9 cm³/mol. The van der Waals surface area contributed by atoms with Gasteiger partial charge in [-0.1, -0.05) is 0 Å². The molecule has 0 bridgehead atoms. The SMILES string of the molecule is O=C(O)C(O)C(OC1NCC1O)C(=O)O. The molecule has 5 N–H and O–H groups in total. The Balaban J connectivity index is 2.58. The predicted octanol–water partition coefficient (Wildman–Crippen LogP) is -2.81. The van der Waals surface area contributed by atoms with Gasteiger partial charge in [-0.2, -0.15) is 0 Å². The van der Waals surface area contributed by atoms with Crippen molar-refractivity contribution in [2.45, 2.75) is 24.5 Å². The van der Waals surface area contributed by atoms with Gasteiger partial charge in [-0.05, 0) is 0 Å². The molecule has 0 amide bonds. The van der Waals surface area contributed by atoms with Crippen LogP contribution in [0.3, 0.4) is 0 Å². The molecule has 0 spiro atoms. The minimum absolute atomic E-state index is 0.236. The van der Waals surface area contributed by atoms with Gasteiger partial charge in [0.25, 0.3) is 0 Å². The van der Waals surface area contributed by atoms with Crippen molar-refractivity contribution in [1.29, 1.82) is 0 Å². The van der Waals surface area contributed by atoms with Crippen LogP contribution in [0.25, 0.3) is 0 Å². The van der Waals surface area contributed by atoms with Crippen LogP contribution in [0.15, 0.2) is 0 Å². The van der Waals surface area contributed by atoms with Crippen LogP contribution in [-0.4, -0.2) is 63.4 Å². The second-order valence-corrected chi connectivity index (χ2v) is 3.07. The molecule has 8 heteroatoms. The first-order valence-corrected chi connectivity index (χ1v) is 4.14. The van der Waals surface area contributed by atoms with Crippen LogP contribution in [0.5, 0.6) is 0 Å². The van der Waals surface area contributed by atoms with E-state index < -0.39 is 36.5 Å². The molecule has 86 valence electrons. The van der Waals surface area contributed by atoms with Gasteiger partial charge in [-0.3, -0.25) is 5.32 Å². The van der Waals surface area contributed by atoms with Crippen molar-refractivity contribution in [3.63, 3.8) is 0 Å². The molecule has 1 heterocycles. The lowest BCUT2D eigenvalue weighted by Crippen LogP contribution is -2.61. The van der Waals surface area contributed by atoms with Gasteiger partial charge in [0.05, 0.1) is 0 Å². The third kappa shape index (κ3) is 2.63. The molecule has 4 atom stereocenters. The minimum Gasteiger partial charge on any atom is -0.479 e. The summed E-state index contributed by atoms with van der Waals surface area (Å²) in [6.45, 7) is 0.236. The van der Waals surface area contributed by atoms with E-state index in [-0.39, 0.29) is 6.54 Å². The number of carbonyl (C=O) groups is 2. The third-order valence-electron chi connectivity index (χ3n) is 1.95. The van der Waals surface area contributed by atoms with Crippen molar-refractivity contribution in [1.82, 2.24) is 5.32 Å². The van der Waals surface area contributed by atoms with Gasteiger partial charge in [0.15, 0.2) is 12.2 Å². The van der Waals surface area contributed by atoms with Crippen LogP contribution in [-0.2, 0) is 14.3 Å². The summed E-state index contributed by atoms with van der Waals surface area (Å²) < 4.78 is 4.69. The summed E-state index contributed by atoms with van der Waals surface area (Å²) in [5.41, 5.74) is 0. The molecule has 0 saturated carbocycles. The fourth-order valence-electron chi connectivity index (χ4n) is 1.01. The average molecular weight is 221 g/mol. The lowest BCUT2D eigenvalue weighted by atomic mass is 10.1. The van der Waals surface area contributed by atoms with Crippen molar-refractivity contribution in [2.24, 2.45) is 0 Å². The highest BCUT2D eigenvalue weighted by atomic mass is 16.6. The molecule has 1 fully saturated rings. The van der Waals surface area contributed by atoms with E-state index >= 15 is 0 Å². The highest BCUT2D eigenvalue weighted by molar-refractivity contribution is 5.83. The van der Waals surface area contributed by atoms with Crippen molar-refractivity contribution in [2.75, 3.05) is 6.54 Å². The summed E-state index contributed by atoms with van der Waals surface area (Å²) in [7, 11) is 0. The zero-order valence-electron chi connectivity index (χ0n) is 7.53. The Morgan fingerprint density at radius 3 is 2.20 bits per heavy atom. The summed E-state index contributed by atoms with van der Waals surface area (Å²) in [6.07, 6.45) is -5.93. The molecule has 0 aromatic rings. The number of hydrogen-bond donors (Lipinski definition) is 5. The Hall–Kier alpha value is -1.22. The second kappa shape index (κ2) is 4.53. The first-order valence-electron chi connectivity index (χ1n) is 4.14. The molecule has 0 radical (unpaired) electrons. The van der Waals surface area contributed by atoms with E-state index in [1.807, 2.05) is 0 Å². The maximum absolute atomic E-state index is 10.6. The lowest BCUT2D eigenvalue weighted by Gasteiger charge is -2.35. The number of aliphatic hydroxyl groups excluding tert-OH is 2. The first-order chi connectivity index (χ1) is 6.93. The van der Waals surface area contributed by atoms with E-state index in [0.29, 0.717) is 0 Å². The Morgan fingerprint density at radius 1 is 1.33 bits per heavy atom. The highest BCUT2D eigenvalue weighted by Gasteiger charge is 2.39. The monoisotopic (exact) mass is 221 g/mol. The Morgan fingerprint density at radius 2 is 1.93 bits per heavy atom. The van der Waals surface area contributed by atoms with Crippen molar-refractivity contribution >= 4 is 11.9 Å². The summed E-state index contributed by atoms with van der Waals surface area (Å²) in [4.78, 5) is 20.9. The number of nitrogens with one attached hydrogen (secondary N) is 1. The standard InChI is InChI=1S/C7H11NO7/c9-2-1-8-5(2)15-4(7(13)14)3(10)6(11)12/h2-5,8-10H,1H2,(H,11,12)(H,13,14). The molecular formula is C7H11NO7. The van der Waals surface area contributed by atoms with E-state index in [2.05, 4.69) is 5.32 Å². The maximum atomic E-state index is 10.6. The van der Waals surface area contributed by atoms with Gasteiger partial charge in [0, 0.05) is 6.54 Å². The van der Waals surface area contributed by atoms with E-state index in [4.69, 9.17) is 25.2 Å². The van der Waals surface area contributed by atoms with E-state index in [1.54, 1.807) is 0 Å². The molecule has 1 aliphatic heterocycles. The van der Waals surface area contributed by atoms with E-state index in [9.17, 15) is 9.59 Å². The maximum Gasteiger partial charge on any atom is 0.336 e. The second-order valence-electron chi connectivity index (χ2n) is 3.07. The smallest absolute Gasteiger partial charge is 0.336 e. The molecule has 0 aliphatic carbocycles. The number of ether oxygens (including phenoxy) is 1. The molecule has 1 saturated heterocycles. The fraction of sp³-hybridized carbons (Fsp3) is 0.714. The van der Waals surface area contributed by atoms with Gasteiger partial charge >= 0.3 is 11.9 Å². The number of rotatable bonds is 5. The number of carboxylic acids is 2. The Kier molecular flexibility index (Phi) is 3.58. The van der Waals surface area contributed by atoms with Crippen LogP contribution in [0, 0.1) is 0 Å². The van der Waals surface area contributed by atoms with Crippen LogP contribution >= 0.6 is 0 Å². The zero-order chi connectivity index (χ0) is 11.6. The summed E-state index contributed by atoms with van der Waals surface area (Å²) in [5.74, 6) is -3.30. The largest absolute Gasteiger partial charge is 0.479 e. The number of hydrogen-bond acceptors (Lipinski definition) is 6. The van der Waals surface area contributed by atoms with Crippen LogP contribution < -0.4 is 5.32 Å². The highest BCUT2D eigenvalue weighted by Crippen LogP contribution is 2.11. The number of carboxylic acid groups (broad SMARTS) is 2. The quantitative estimate of drug-likeness (QED) is 0.335. The minimum atomic E-state index is -2.17. The number of β-amino-alcohol motifs (C(OH)–C–C–N with tert-alkyl or cyclic N) is 1. The molecule has 4 unspecified atom stereocenters. The van der Waals surface area contributed by atoms with Gasteiger partial charge in [-0.25, -0.2) is 9.59 Å². The van der Waals surface area contributed by atoms with E-state index in [1.165, 1.54) is 0 Å². The number of aliphatic carboxylic acids is 2. The van der Waals surface area contributed by atoms with E-state index in [0.717, 1.165) is 0 Å². The normalized spacial score (nSPS) is 28.9. The van der Waals surface area contributed by atoms with Gasteiger partial charge in [0.2, 0.25) is 0 Å². The van der Waals surface area contributed by atoms with Crippen molar-refractivity contribution in [3.8, 4) is 0 Å². The average Bonchev–Trinajstić information content (AvgIpc) is 2.14. The molecule has 0 aromatic heterocycles. The molecule has 8 nitrogen and oxygen atoms in total. The molecule has 1 aliphatic rings. The third-order valence-corrected chi connectivity index (χ3v) is 1.95. The fourth-order valence-corrected chi connectivity index (χ4v) is 1.01. The zero-order valence-corrected chi connectivity index (χ0v) is 7.53. The lowest BCUT2D eigenvalue weighted by molar-refractivity contribution is -0.194. The number of aliphatic hydroxyl groups is 2. The summed E-state index contributed by atoms with van der Waals surface area (Å²) in [6, 6.07) is 0. The first kappa shape index (κ1) is 11.9. The molecule has 15 heavy (non-hydrogen) atoms. The van der Waals surface area contributed by atoms with Crippen molar-refractivity contribution < 1.29 is 34.8 Å². The van der Waals surface area contributed by atoms with Gasteiger partial charge < -0.3 is 25.2 Å². The van der Waals surface area contributed by atoms with Crippen LogP contribution in [0.1, 0.15) is 0 Å². The topological polar surface area (TPSA) is 136 Å². The molecule has 1 rings (SSSR count). The van der Waals surface area contributed by atoms with Crippen LogP contribution in [0.2, 0.25) is 0 Å². The summed E-state index contributed by atoms with van der Waals surface area (Å²) >= 11 is 0.